The second-order valence-corrected chi connectivity index (χ2v) is 3.45. The molecule has 0 radical (unpaired) electrons. The SMILES string of the molecule is C[C@H](N)c1cnc(Cl)s1. The van der Waals surface area contributed by atoms with Gasteiger partial charge in [0.15, 0.2) is 4.47 Å². The number of aromatic nitrogens is 1. The molecule has 1 aromatic heterocycles. The van der Waals surface area contributed by atoms with Gasteiger partial charge in [0, 0.05) is 17.1 Å². The summed E-state index contributed by atoms with van der Waals surface area (Å²) >= 11 is 6.98. The van der Waals surface area contributed by atoms with Crippen LogP contribution in [0, 0.1) is 0 Å². The number of thiazole rings is 1. The summed E-state index contributed by atoms with van der Waals surface area (Å²) in [5.74, 6) is 0. The molecule has 2 nitrogen and oxygen atoms in total. The summed E-state index contributed by atoms with van der Waals surface area (Å²) in [6.07, 6.45) is 1.71. The molecular weight excluding hydrogens is 156 g/mol. The number of nitrogens with zero attached hydrogens (tertiary/aromatic N) is 1. The van der Waals surface area contributed by atoms with Crippen LogP contribution in [-0.4, -0.2) is 4.98 Å². The predicted octanol–water partition coefficient (Wildman–Crippen LogP) is 1.82. The smallest absolute Gasteiger partial charge is 0.183 e. The fourth-order valence-corrected chi connectivity index (χ4v) is 1.38. The molecule has 1 heterocycles. The molecule has 1 rings (SSSR count). The van der Waals surface area contributed by atoms with E-state index in [1.54, 1.807) is 6.20 Å². The van der Waals surface area contributed by atoms with Crippen molar-refractivity contribution in [2.45, 2.75) is 13.0 Å². The fourth-order valence-electron chi connectivity index (χ4n) is 0.475. The monoisotopic (exact) mass is 162 g/mol. The molecule has 9 heavy (non-hydrogen) atoms. The lowest BCUT2D eigenvalue weighted by Gasteiger charge is -1.95. The molecule has 50 valence electrons. The molecule has 0 aliphatic carbocycles. The second kappa shape index (κ2) is 2.64. The van der Waals surface area contributed by atoms with E-state index in [1.165, 1.54) is 11.3 Å². The number of halogens is 1. The van der Waals surface area contributed by atoms with Crippen molar-refractivity contribution >= 4 is 22.9 Å². The highest BCUT2D eigenvalue weighted by molar-refractivity contribution is 7.15. The Labute approximate surface area is 62.7 Å². The second-order valence-electron chi connectivity index (χ2n) is 1.80. The number of nitrogens with two attached hydrogens (primary N) is 1. The van der Waals surface area contributed by atoms with Gasteiger partial charge in [0.05, 0.1) is 0 Å². The highest BCUT2D eigenvalue weighted by Crippen LogP contribution is 2.21. The molecule has 0 unspecified atom stereocenters. The first-order valence-corrected chi connectivity index (χ1v) is 3.76. The third kappa shape index (κ3) is 1.64. The Kier molecular flexibility index (Phi) is 2.05. The van der Waals surface area contributed by atoms with Crippen LogP contribution in [0.25, 0.3) is 0 Å². The van der Waals surface area contributed by atoms with Gasteiger partial charge < -0.3 is 5.73 Å². The number of hydrogen-bond donors (Lipinski definition) is 1. The Morgan fingerprint density at radius 1 is 1.89 bits per heavy atom. The van der Waals surface area contributed by atoms with Gasteiger partial charge in [-0.3, -0.25) is 0 Å². The van der Waals surface area contributed by atoms with Crippen LogP contribution in [0.4, 0.5) is 0 Å². The first-order chi connectivity index (χ1) is 4.20. The summed E-state index contributed by atoms with van der Waals surface area (Å²) in [5, 5.41) is 0. The zero-order chi connectivity index (χ0) is 6.85. The molecule has 0 aromatic carbocycles. The minimum atomic E-state index is 0.0509. The minimum absolute atomic E-state index is 0.0509. The summed E-state index contributed by atoms with van der Waals surface area (Å²) in [7, 11) is 0. The van der Waals surface area contributed by atoms with Gasteiger partial charge in [-0.05, 0) is 6.92 Å². The Hall–Kier alpha value is -0.120. The van der Waals surface area contributed by atoms with E-state index in [-0.39, 0.29) is 6.04 Å². The Bertz CT molecular complexity index is 197. The topological polar surface area (TPSA) is 38.9 Å². The molecule has 0 aliphatic rings. The van der Waals surface area contributed by atoms with Gasteiger partial charge in [0.2, 0.25) is 0 Å². The van der Waals surface area contributed by atoms with E-state index in [0.717, 1.165) is 4.88 Å². The summed E-state index contributed by atoms with van der Waals surface area (Å²) < 4.78 is 0.558. The molecule has 1 atom stereocenters. The van der Waals surface area contributed by atoms with Crippen molar-refractivity contribution in [2.75, 3.05) is 0 Å². The fraction of sp³-hybridized carbons (Fsp3) is 0.400. The zero-order valence-corrected chi connectivity index (χ0v) is 6.54. The van der Waals surface area contributed by atoms with Crippen molar-refractivity contribution in [3.63, 3.8) is 0 Å². The Balaban J connectivity index is 2.85. The molecule has 0 fully saturated rings. The molecule has 0 saturated heterocycles. The van der Waals surface area contributed by atoms with Crippen LogP contribution in [-0.2, 0) is 0 Å². The third-order valence-corrected chi connectivity index (χ3v) is 2.26. The van der Waals surface area contributed by atoms with Crippen LogP contribution in [0.3, 0.4) is 0 Å². The number of hydrogen-bond acceptors (Lipinski definition) is 3. The zero-order valence-electron chi connectivity index (χ0n) is 4.97. The van der Waals surface area contributed by atoms with E-state index in [2.05, 4.69) is 4.98 Å². The largest absolute Gasteiger partial charge is 0.323 e. The van der Waals surface area contributed by atoms with Crippen LogP contribution in [0.2, 0.25) is 4.47 Å². The van der Waals surface area contributed by atoms with Gasteiger partial charge in [0.25, 0.3) is 0 Å². The van der Waals surface area contributed by atoms with Crippen LogP contribution < -0.4 is 5.73 Å². The molecule has 0 bridgehead atoms. The summed E-state index contributed by atoms with van der Waals surface area (Å²) in [6.45, 7) is 1.91. The summed E-state index contributed by atoms with van der Waals surface area (Å²) in [6, 6.07) is 0.0509. The van der Waals surface area contributed by atoms with Gasteiger partial charge in [-0.1, -0.05) is 11.6 Å². The molecule has 2 N–H and O–H groups in total. The lowest BCUT2D eigenvalue weighted by atomic mass is 10.3. The van der Waals surface area contributed by atoms with E-state index in [9.17, 15) is 0 Å². The minimum Gasteiger partial charge on any atom is -0.323 e. The molecular formula is C5H7ClN2S. The maximum Gasteiger partial charge on any atom is 0.183 e. The highest BCUT2D eigenvalue weighted by Gasteiger charge is 2.02. The lowest BCUT2D eigenvalue weighted by molar-refractivity contribution is 0.835. The summed E-state index contributed by atoms with van der Waals surface area (Å²) in [4.78, 5) is 4.87. The Morgan fingerprint density at radius 3 is 2.78 bits per heavy atom. The van der Waals surface area contributed by atoms with Crippen molar-refractivity contribution < 1.29 is 0 Å². The van der Waals surface area contributed by atoms with E-state index in [1.807, 2.05) is 6.92 Å². The van der Waals surface area contributed by atoms with Gasteiger partial charge in [-0.25, -0.2) is 4.98 Å². The quantitative estimate of drug-likeness (QED) is 0.684. The van der Waals surface area contributed by atoms with Crippen molar-refractivity contribution in [3.8, 4) is 0 Å². The van der Waals surface area contributed by atoms with Gasteiger partial charge >= 0.3 is 0 Å². The molecule has 1 aromatic rings. The third-order valence-electron chi connectivity index (χ3n) is 0.944. The molecule has 4 heteroatoms. The normalized spacial score (nSPS) is 13.7. The first-order valence-electron chi connectivity index (χ1n) is 2.57. The van der Waals surface area contributed by atoms with Gasteiger partial charge in [0.1, 0.15) is 0 Å². The van der Waals surface area contributed by atoms with Crippen LogP contribution in [0.5, 0.6) is 0 Å². The lowest BCUT2D eigenvalue weighted by Crippen LogP contribution is -2.01. The Morgan fingerprint density at radius 2 is 2.56 bits per heavy atom. The maximum atomic E-state index is 5.56. The van der Waals surface area contributed by atoms with Crippen LogP contribution >= 0.6 is 22.9 Å². The maximum absolute atomic E-state index is 5.56. The van der Waals surface area contributed by atoms with E-state index in [4.69, 9.17) is 17.3 Å². The van der Waals surface area contributed by atoms with Crippen molar-refractivity contribution in [2.24, 2.45) is 5.73 Å². The first kappa shape index (κ1) is 6.99. The summed E-state index contributed by atoms with van der Waals surface area (Å²) in [5.41, 5.74) is 5.54. The van der Waals surface area contributed by atoms with E-state index >= 15 is 0 Å². The van der Waals surface area contributed by atoms with Gasteiger partial charge in [-0.15, -0.1) is 11.3 Å². The standard InChI is InChI=1S/C5H7ClN2S/c1-3(7)4-2-8-5(6)9-4/h2-3H,7H2,1H3/t3-/m0/s1. The van der Waals surface area contributed by atoms with Crippen molar-refractivity contribution in [3.05, 3.63) is 15.5 Å². The van der Waals surface area contributed by atoms with Crippen LogP contribution in [0.1, 0.15) is 17.8 Å². The molecule has 0 aliphatic heterocycles. The molecule has 0 saturated carbocycles. The number of rotatable bonds is 1. The molecule has 0 amide bonds. The van der Waals surface area contributed by atoms with Crippen LogP contribution in [0.15, 0.2) is 6.20 Å². The average molecular weight is 163 g/mol. The van der Waals surface area contributed by atoms with Crippen molar-refractivity contribution in [1.82, 2.24) is 4.98 Å². The molecule has 0 spiro atoms. The van der Waals surface area contributed by atoms with E-state index < -0.39 is 0 Å². The average Bonchev–Trinajstić information content (AvgIpc) is 2.14. The predicted molar refractivity (Wildman–Crippen MR) is 39.7 cm³/mol. The van der Waals surface area contributed by atoms with Crippen molar-refractivity contribution in [1.29, 1.82) is 0 Å². The van der Waals surface area contributed by atoms with E-state index in [0.29, 0.717) is 4.47 Å². The van der Waals surface area contributed by atoms with Gasteiger partial charge in [-0.2, -0.15) is 0 Å². The highest BCUT2D eigenvalue weighted by atomic mass is 35.5.